The first-order chi connectivity index (χ1) is 10.1. The molecule has 0 aliphatic rings. The van der Waals surface area contributed by atoms with Crippen molar-refractivity contribution in [1.82, 2.24) is 9.78 Å². The first-order valence-electron chi connectivity index (χ1n) is 6.63. The number of hydrogen-bond donors (Lipinski definition) is 1. The Labute approximate surface area is 123 Å². The molecule has 0 radical (unpaired) electrons. The molecule has 0 bridgehead atoms. The maximum absolute atomic E-state index is 12.4. The summed E-state index contributed by atoms with van der Waals surface area (Å²) >= 11 is 0. The van der Waals surface area contributed by atoms with Crippen LogP contribution in [0.2, 0.25) is 0 Å². The lowest BCUT2D eigenvalue weighted by Gasteiger charge is -2.06. The summed E-state index contributed by atoms with van der Waals surface area (Å²) in [5, 5.41) is 6.02. The average Bonchev–Trinajstić information content (AvgIpc) is 2.93. The Bertz CT molecular complexity index is 885. The highest BCUT2D eigenvalue weighted by atomic mass is 32.2. The zero-order chi connectivity index (χ0) is 14.9. The summed E-state index contributed by atoms with van der Waals surface area (Å²) in [6, 6.07) is 14.3. The maximum atomic E-state index is 12.4. The van der Waals surface area contributed by atoms with Gasteiger partial charge in [0.25, 0.3) is 10.0 Å². The summed E-state index contributed by atoms with van der Waals surface area (Å²) in [6.45, 7) is 2.63. The van der Waals surface area contributed by atoms with Crippen LogP contribution in [0.15, 0.2) is 59.6 Å². The van der Waals surface area contributed by atoms with Crippen LogP contribution in [0.5, 0.6) is 0 Å². The van der Waals surface area contributed by atoms with E-state index in [0.717, 1.165) is 10.8 Å². The van der Waals surface area contributed by atoms with Crippen molar-refractivity contribution in [2.24, 2.45) is 0 Å². The molecule has 0 unspecified atom stereocenters. The summed E-state index contributed by atoms with van der Waals surface area (Å²) < 4.78 is 28.9. The molecule has 3 rings (SSSR count). The molecule has 0 amide bonds. The summed E-state index contributed by atoms with van der Waals surface area (Å²) in [4.78, 5) is 0.229. The lowest BCUT2D eigenvalue weighted by molar-refractivity contribution is 0.600. The van der Waals surface area contributed by atoms with Crippen LogP contribution in [0.1, 0.15) is 6.92 Å². The summed E-state index contributed by atoms with van der Waals surface area (Å²) in [5.41, 5.74) is 0. The van der Waals surface area contributed by atoms with E-state index in [2.05, 4.69) is 9.82 Å². The SMILES string of the molecule is CCn1ccc(NS(=O)(=O)c2ccc3ccccc3c2)n1. The van der Waals surface area contributed by atoms with Crippen molar-refractivity contribution in [2.75, 3.05) is 4.72 Å². The molecule has 2 aromatic carbocycles. The van der Waals surface area contributed by atoms with Crippen molar-refractivity contribution >= 4 is 26.6 Å². The number of sulfonamides is 1. The smallest absolute Gasteiger partial charge is 0.263 e. The summed E-state index contributed by atoms with van der Waals surface area (Å²) in [5.74, 6) is 0.324. The fraction of sp³-hybridized carbons (Fsp3) is 0.133. The quantitative estimate of drug-likeness (QED) is 0.806. The van der Waals surface area contributed by atoms with Crippen LogP contribution in [0.3, 0.4) is 0 Å². The largest absolute Gasteiger partial charge is 0.271 e. The fourth-order valence-corrected chi connectivity index (χ4v) is 3.15. The van der Waals surface area contributed by atoms with Crippen LogP contribution in [0.4, 0.5) is 5.82 Å². The Balaban J connectivity index is 1.95. The van der Waals surface area contributed by atoms with Gasteiger partial charge in [-0.25, -0.2) is 8.42 Å². The zero-order valence-electron chi connectivity index (χ0n) is 11.5. The van der Waals surface area contributed by atoms with Gasteiger partial charge < -0.3 is 0 Å². The Kier molecular flexibility index (Phi) is 3.39. The first kappa shape index (κ1) is 13.6. The van der Waals surface area contributed by atoms with Crippen molar-refractivity contribution in [3.8, 4) is 0 Å². The monoisotopic (exact) mass is 301 g/mol. The summed E-state index contributed by atoms with van der Waals surface area (Å²) in [6.07, 6.45) is 1.73. The van der Waals surface area contributed by atoms with E-state index >= 15 is 0 Å². The highest BCUT2D eigenvalue weighted by Gasteiger charge is 2.15. The number of anilines is 1. The van der Waals surface area contributed by atoms with E-state index in [9.17, 15) is 8.42 Å². The van der Waals surface area contributed by atoms with Crippen molar-refractivity contribution < 1.29 is 8.42 Å². The van der Waals surface area contributed by atoms with Gasteiger partial charge in [0, 0.05) is 18.8 Å². The molecule has 0 aliphatic heterocycles. The van der Waals surface area contributed by atoms with Gasteiger partial charge in [-0.2, -0.15) is 5.10 Å². The maximum Gasteiger partial charge on any atom is 0.263 e. The number of nitrogens with zero attached hydrogens (tertiary/aromatic N) is 2. The molecule has 0 spiro atoms. The number of hydrogen-bond acceptors (Lipinski definition) is 3. The molecule has 1 N–H and O–H groups in total. The number of aryl methyl sites for hydroxylation is 1. The first-order valence-corrected chi connectivity index (χ1v) is 8.12. The second-order valence-corrected chi connectivity index (χ2v) is 6.35. The van der Waals surface area contributed by atoms with Crippen molar-refractivity contribution in [3.05, 3.63) is 54.7 Å². The fourth-order valence-electron chi connectivity index (χ4n) is 2.12. The molecule has 0 saturated carbocycles. The van der Waals surface area contributed by atoms with Gasteiger partial charge in [-0.3, -0.25) is 9.40 Å². The van der Waals surface area contributed by atoms with Gasteiger partial charge in [-0.1, -0.05) is 30.3 Å². The minimum Gasteiger partial charge on any atom is -0.271 e. The predicted octanol–water partition coefficient (Wildman–Crippen LogP) is 2.86. The highest BCUT2D eigenvalue weighted by molar-refractivity contribution is 7.92. The van der Waals surface area contributed by atoms with E-state index in [4.69, 9.17) is 0 Å². The predicted molar refractivity (Wildman–Crippen MR) is 82.7 cm³/mol. The van der Waals surface area contributed by atoms with Gasteiger partial charge in [0.1, 0.15) is 0 Å². The Morgan fingerprint density at radius 2 is 1.86 bits per heavy atom. The van der Waals surface area contributed by atoms with Gasteiger partial charge in [0.15, 0.2) is 5.82 Å². The Morgan fingerprint density at radius 1 is 1.10 bits per heavy atom. The standard InChI is InChI=1S/C15H15N3O2S/c1-2-18-10-9-15(16-18)17-21(19,20)14-8-7-12-5-3-4-6-13(12)11-14/h3-11H,2H2,1H3,(H,16,17). The molecular formula is C15H15N3O2S. The molecule has 0 atom stereocenters. The molecule has 0 aliphatic carbocycles. The van der Waals surface area contributed by atoms with Crippen LogP contribution in [0.25, 0.3) is 10.8 Å². The van der Waals surface area contributed by atoms with Crippen molar-refractivity contribution in [2.45, 2.75) is 18.4 Å². The van der Waals surface area contributed by atoms with Gasteiger partial charge in [0.2, 0.25) is 0 Å². The van der Waals surface area contributed by atoms with E-state index in [1.165, 1.54) is 0 Å². The van der Waals surface area contributed by atoms with Crippen LogP contribution >= 0.6 is 0 Å². The number of benzene rings is 2. The van der Waals surface area contributed by atoms with Crippen molar-refractivity contribution in [3.63, 3.8) is 0 Å². The van der Waals surface area contributed by atoms with Crippen LogP contribution in [-0.4, -0.2) is 18.2 Å². The molecule has 6 heteroatoms. The molecule has 0 saturated heterocycles. The molecule has 3 aromatic rings. The molecule has 21 heavy (non-hydrogen) atoms. The van der Waals surface area contributed by atoms with E-state index in [-0.39, 0.29) is 4.90 Å². The number of rotatable bonds is 4. The zero-order valence-corrected chi connectivity index (χ0v) is 12.3. The van der Waals surface area contributed by atoms with Crippen LogP contribution in [-0.2, 0) is 16.6 Å². The van der Waals surface area contributed by atoms with Crippen LogP contribution in [0, 0.1) is 0 Å². The van der Waals surface area contributed by atoms with E-state index in [1.807, 2.05) is 31.2 Å². The third kappa shape index (κ3) is 2.75. The molecule has 5 nitrogen and oxygen atoms in total. The normalized spacial score (nSPS) is 11.7. The molecule has 1 heterocycles. The summed E-state index contributed by atoms with van der Waals surface area (Å²) in [7, 11) is -3.63. The third-order valence-electron chi connectivity index (χ3n) is 3.23. The van der Waals surface area contributed by atoms with Gasteiger partial charge in [-0.15, -0.1) is 0 Å². The number of fused-ring (bicyclic) bond motifs is 1. The van der Waals surface area contributed by atoms with Gasteiger partial charge in [0.05, 0.1) is 4.90 Å². The minimum atomic E-state index is -3.63. The van der Waals surface area contributed by atoms with Crippen molar-refractivity contribution in [1.29, 1.82) is 0 Å². The molecule has 0 fully saturated rings. The van der Waals surface area contributed by atoms with Gasteiger partial charge in [-0.05, 0) is 29.8 Å². The van der Waals surface area contributed by atoms with E-state index < -0.39 is 10.0 Å². The molecule has 108 valence electrons. The lowest BCUT2D eigenvalue weighted by atomic mass is 10.1. The average molecular weight is 301 g/mol. The number of nitrogens with one attached hydrogen (secondary N) is 1. The number of aromatic nitrogens is 2. The van der Waals surface area contributed by atoms with Gasteiger partial charge >= 0.3 is 0 Å². The van der Waals surface area contributed by atoms with E-state index in [1.54, 1.807) is 35.1 Å². The molecular weight excluding hydrogens is 286 g/mol. The molecule has 1 aromatic heterocycles. The Morgan fingerprint density at radius 3 is 2.57 bits per heavy atom. The van der Waals surface area contributed by atoms with Crippen LogP contribution < -0.4 is 4.72 Å². The topological polar surface area (TPSA) is 64.0 Å². The third-order valence-corrected chi connectivity index (χ3v) is 4.59. The highest BCUT2D eigenvalue weighted by Crippen LogP contribution is 2.20. The van der Waals surface area contributed by atoms with E-state index in [0.29, 0.717) is 12.4 Å². The lowest BCUT2D eigenvalue weighted by Crippen LogP contribution is -2.13. The minimum absolute atomic E-state index is 0.229. The Hall–Kier alpha value is -2.34. The second-order valence-electron chi connectivity index (χ2n) is 4.67. The second kappa shape index (κ2) is 5.21.